The van der Waals surface area contributed by atoms with Crippen molar-refractivity contribution in [3.8, 4) is 5.75 Å². The second kappa shape index (κ2) is 11.3. The highest BCUT2D eigenvalue weighted by Gasteiger charge is 2.18. The fourth-order valence-electron chi connectivity index (χ4n) is 1.06. The van der Waals surface area contributed by atoms with Gasteiger partial charge in [-0.25, -0.2) is 0 Å². The molecule has 0 aromatic heterocycles. The molecule has 1 aromatic carbocycles. The van der Waals surface area contributed by atoms with Crippen molar-refractivity contribution in [3.63, 3.8) is 0 Å². The largest absolute Gasteiger partial charge is 0.495 e. The van der Waals surface area contributed by atoms with Crippen LogP contribution in [-0.2, 0) is 4.79 Å². The Hall–Kier alpha value is -1.51. The van der Waals surface area contributed by atoms with Crippen LogP contribution in [0.2, 0.25) is 0 Å². The summed E-state index contributed by atoms with van der Waals surface area (Å²) >= 11 is 0. The molecular formula is C17H31NO2. The van der Waals surface area contributed by atoms with Crippen molar-refractivity contribution in [3.05, 3.63) is 24.3 Å². The molecule has 1 atom stereocenters. The summed E-state index contributed by atoms with van der Waals surface area (Å²) < 4.78 is 5.07. The van der Waals surface area contributed by atoms with E-state index in [2.05, 4.69) is 26.1 Å². The van der Waals surface area contributed by atoms with Crippen LogP contribution >= 0.6 is 0 Å². The Morgan fingerprint density at radius 2 is 1.70 bits per heavy atom. The molecule has 1 unspecified atom stereocenters. The van der Waals surface area contributed by atoms with Gasteiger partial charge in [-0.1, -0.05) is 53.7 Å². The van der Waals surface area contributed by atoms with Gasteiger partial charge in [0, 0.05) is 13.0 Å². The quantitative estimate of drug-likeness (QED) is 0.821. The second-order valence-corrected chi connectivity index (χ2v) is 5.24. The molecule has 0 saturated heterocycles. The Morgan fingerprint density at radius 3 is 1.95 bits per heavy atom. The Balaban J connectivity index is 0. The van der Waals surface area contributed by atoms with E-state index < -0.39 is 0 Å². The van der Waals surface area contributed by atoms with Crippen LogP contribution in [0.4, 0.5) is 5.69 Å². The van der Waals surface area contributed by atoms with E-state index in [1.165, 1.54) is 0 Å². The lowest BCUT2D eigenvalue weighted by Crippen LogP contribution is -2.17. The van der Waals surface area contributed by atoms with Gasteiger partial charge in [0.2, 0.25) is 0 Å². The number of para-hydroxylation sites is 2. The number of benzene rings is 1. The normalized spacial score (nSPS) is 11.0. The molecule has 116 valence electrons. The van der Waals surface area contributed by atoms with Crippen LogP contribution in [0.5, 0.6) is 5.75 Å². The molecule has 1 rings (SSSR count). The first-order valence-corrected chi connectivity index (χ1v) is 7.12. The van der Waals surface area contributed by atoms with Crippen LogP contribution < -0.4 is 10.1 Å². The maximum atomic E-state index is 10.2. The number of anilines is 1. The first-order chi connectivity index (χ1) is 9.36. The summed E-state index contributed by atoms with van der Waals surface area (Å²) in [6, 6.07) is 7.80. The average Bonchev–Trinajstić information content (AvgIpc) is 2.47. The fourth-order valence-corrected chi connectivity index (χ4v) is 1.06. The molecule has 3 heteroatoms. The summed E-state index contributed by atoms with van der Waals surface area (Å²) in [6.45, 7) is 12.1. The SMILES string of the molecule is CC.CC(C=O)C(C)(C)C.CNc1ccccc1OC. The zero-order valence-corrected chi connectivity index (χ0v) is 14.3. The average molecular weight is 281 g/mol. The summed E-state index contributed by atoms with van der Waals surface area (Å²) in [4.78, 5) is 10.2. The minimum atomic E-state index is 0.141. The van der Waals surface area contributed by atoms with Gasteiger partial charge in [-0.05, 0) is 17.5 Å². The zero-order valence-electron chi connectivity index (χ0n) is 14.3. The number of methoxy groups -OCH3 is 1. The van der Waals surface area contributed by atoms with Gasteiger partial charge in [-0.15, -0.1) is 0 Å². The third kappa shape index (κ3) is 8.57. The fraction of sp³-hybridized carbons (Fsp3) is 0.588. The number of rotatable bonds is 3. The van der Waals surface area contributed by atoms with Gasteiger partial charge < -0.3 is 14.8 Å². The molecule has 0 spiro atoms. The first-order valence-electron chi connectivity index (χ1n) is 7.12. The molecule has 0 saturated carbocycles. The van der Waals surface area contributed by atoms with Gasteiger partial charge in [0.1, 0.15) is 12.0 Å². The van der Waals surface area contributed by atoms with E-state index in [9.17, 15) is 4.79 Å². The summed E-state index contributed by atoms with van der Waals surface area (Å²) in [6.07, 6.45) is 1.00. The van der Waals surface area contributed by atoms with Gasteiger partial charge in [-0.3, -0.25) is 0 Å². The topological polar surface area (TPSA) is 38.3 Å². The molecule has 0 heterocycles. The molecule has 0 aliphatic heterocycles. The van der Waals surface area contributed by atoms with E-state index in [1.54, 1.807) is 7.11 Å². The molecule has 0 bridgehead atoms. The summed E-state index contributed by atoms with van der Waals surface area (Å²) in [5, 5.41) is 3.02. The Kier molecular flexibility index (Phi) is 11.8. The van der Waals surface area contributed by atoms with Crippen LogP contribution in [-0.4, -0.2) is 20.4 Å². The van der Waals surface area contributed by atoms with E-state index in [-0.39, 0.29) is 11.3 Å². The monoisotopic (exact) mass is 281 g/mol. The predicted molar refractivity (Wildman–Crippen MR) is 88.6 cm³/mol. The highest BCUT2D eigenvalue weighted by Crippen LogP contribution is 2.22. The van der Waals surface area contributed by atoms with Crippen molar-refractivity contribution in [1.29, 1.82) is 0 Å². The van der Waals surface area contributed by atoms with Crippen molar-refractivity contribution in [2.45, 2.75) is 41.5 Å². The summed E-state index contributed by atoms with van der Waals surface area (Å²) in [7, 11) is 3.54. The van der Waals surface area contributed by atoms with Crippen LogP contribution in [0.15, 0.2) is 24.3 Å². The lowest BCUT2D eigenvalue weighted by Gasteiger charge is -2.21. The predicted octanol–water partition coefficient (Wildman–Crippen LogP) is 4.63. The molecule has 0 amide bonds. The van der Waals surface area contributed by atoms with E-state index in [1.807, 2.05) is 52.1 Å². The summed E-state index contributed by atoms with van der Waals surface area (Å²) in [5.74, 6) is 1.05. The highest BCUT2D eigenvalue weighted by molar-refractivity contribution is 5.55. The van der Waals surface area contributed by atoms with Crippen LogP contribution in [0, 0.1) is 11.3 Å². The number of aldehydes is 1. The molecule has 1 N–H and O–H groups in total. The molecule has 0 radical (unpaired) electrons. The lowest BCUT2D eigenvalue weighted by atomic mass is 9.83. The molecular weight excluding hydrogens is 250 g/mol. The Morgan fingerprint density at radius 1 is 1.20 bits per heavy atom. The zero-order chi connectivity index (χ0) is 16.2. The Labute approximate surface area is 124 Å². The van der Waals surface area contributed by atoms with Crippen molar-refractivity contribution >= 4 is 12.0 Å². The second-order valence-electron chi connectivity index (χ2n) is 5.24. The van der Waals surface area contributed by atoms with E-state index in [4.69, 9.17) is 4.74 Å². The maximum Gasteiger partial charge on any atom is 0.141 e. The highest BCUT2D eigenvalue weighted by atomic mass is 16.5. The van der Waals surface area contributed by atoms with E-state index in [0.29, 0.717) is 0 Å². The van der Waals surface area contributed by atoms with Gasteiger partial charge >= 0.3 is 0 Å². The number of carbonyl (C=O) groups is 1. The standard InChI is InChI=1S/C8H11NO.C7H14O.C2H6/c1-9-7-5-3-4-6-8(7)10-2;1-6(5-8)7(2,3)4;1-2/h3-6,9H,1-2H3;5-6H,1-4H3;1-2H3. The minimum Gasteiger partial charge on any atom is -0.495 e. The minimum absolute atomic E-state index is 0.141. The number of carbonyl (C=O) groups excluding carboxylic acids is 1. The van der Waals surface area contributed by atoms with Gasteiger partial charge in [0.25, 0.3) is 0 Å². The molecule has 3 nitrogen and oxygen atoms in total. The maximum absolute atomic E-state index is 10.2. The van der Waals surface area contributed by atoms with Crippen LogP contribution in [0.3, 0.4) is 0 Å². The van der Waals surface area contributed by atoms with Gasteiger partial charge in [-0.2, -0.15) is 0 Å². The van der Waals surface area contributed by atoms with Crippen molar-refractivity contribution in [1.82, 2.24) is 0 Å². The van der Waals surface area contributed by atoms with Crippen LogP contribution in [0.25, 0.3) is 0 Å². The van der Waals surface area contributed by atoms with Gasteiger partial charge in [0.05, 0.1) is 12.8 Å². The molecule has 0 aliphatic rings. The van der Waals surface area contributed by atoms with E-state index in [0.717, 1.165) is 17.7 Å². The number of hydrogen-bond donors (Lipinski definition) is 1. The molecule has 0 fully saturated rings. The number of ether oxygens (including phenoxy) is 1. The molecule has 1 aromatic rings. The molecule has 0 aliphatic carbocycles. The lowest BCUT2D eigenvalue weighted by molar-refractivity contribution is -0.113. The number of hydrogen-bond acceptors (Lipinski definition) is 3. The first kappa shape index (κ1) is 20.8. The van der Waals surface area contributed by atoms with Crippen molar-refractivity contribution < 1.29 is 9.53 Å². The third-order valence-corrected chi connectivity index (χ3v) is 2.95. The third-order valence-electron chi connectivity index (χ3n) is 2.95. The van der Waals surface area contributed by atoms with Crippen molar-refractivity contribution in [2.75, 3.05) is 19.5 Å². The smallest absolute Gasteiger partial charge is 0.141 e. The molecule has 20 heavy (non-hydrogen) atoms. The van der Waals surface area contributed by atoms with E-state index >= 15 is 0 Å². The number of nitrogens with one attached hydrogen (secondary N) is 1. The Bertz CT molecular complexity index is 333. The van der Waals surface area contributed by atoms with Gasteiger partial charge in [0.15, 0.2) is 0 Å². The van der Waals surface area contributed by atoms with Crippen LogP contribution in [0.1, 0.15) is 41.5 Å². The van der Waals surface area contributed by atoms with Crippen molar-refractivity contribution in [2.24, 2.45) is 11.3 Å². The summed E-state index contributed by atoms with van der Waals surface area (Å²) in [5.41, 5.74) is 1.16.